The molecular weight excluding hydrogens is 294 g/mol. The molecule has 2 aromatic rings. The molecule has 94 valence electrons. The Bertz CT molecular complexity index is 565. The minimum Gasteiger partial charge on any atom is -0.319 e. The van der Waals surface area contributed by atoms with E-state index in [1.807, 2.05) is 32.9 Å². The number of H-pyrrole nitrogens is 1. The summed E-state index contributed by atoms with van der Waals surface area (Å²) in [6.07, 6.45) is 0. The van der Waals surface area contributed by atoms with Crippen LogP contribution in [0.25, 0.3) is 0 Å². The molecule has 0 saturated carbocycles. The molecule has 1 aromatic heterocycles. The smallest absolute Gasteiger partial charge is 0.255 e. The number of aromatic amines is 1. The summed E-state index contributed by atoms with van der Waals surface area (Å²) >= 11 is 3.39. The zero-order valence-electron chi connectivity index (χ0n) is 10.5. The number of aromatic nitrogens is 2. The number of carbonyl (C=O) groups excluding carboxylic acids is 1. The highest BCUT2D eigenvalue weighted by molar-refractivity contribution is 9.10. The summed E-state index contributed by atoms with van der Waals surface area (Å²) in [7, 11) is 0. The second-order valence-electron chi connectivity index (χ2n) is 4.28. The standard InChI is InChI=1S/C13H14BrN3O/c1-7-4-10(6-11(14)5-7)13(18)15-12-8(2)16-17-9(12)3/h4-6H,1-3H3,(H,15,18)(H,16,17). The quantitative estimate of drug-likeness (QED) is 0.894. The van der Waals surface area contributed by atoms with Crippen molar-refractivity contribution < 1.29 is 4.79 Å². The first kappa shape index (κ1) is 12.8. The number of aryl methyl sites for hydroxylation is 3. The van der Waals surface area contributed by atoms with Crippen molar-refractivity contribution >= 4 is 27.5 Å². The molecule has 0 bridgehead atoms. The maximum Gasteiger partial charge on any atom is 0.255 e. The van der Waals surface area contributed by atoms with Crippen molar-refractivity contribution in [3.05, 3.63) is 45.2 Å². The van der Waals surface area contributed by atoms with E-state index in [0.29, 0.717) is 5.56 Å². The van der Waals surface area contributed by atoms with E-state index in [1.54, 1.807) is 6.07 Å². The molecule has 2 N–H and O–H groups in total. The molecule has 1 amide bonds. The second-order valence-corrected chi connectivity index (χ2v) is 5.20. The first-order valence-electron chi connectivity index (χ1n) is 5.57. The summed E-state index contributed by atoms with van der Waals surface area (Å²) in [6, 6.07) is 5.61. The molecule has 5 heteroatoms. The molecule has 18 heavy (non-hydrogen) atoms. The number of halogens is 1. The van der Waals surface area contributed by atoms with Crippen LogP contribution in [0.2, 0.25) is 0 Å². The molecule has 2 rings (SSSR count). The van der Waals surface area contributed by atoms with Gasteiger partial charge in [-0.1, -0.05) is 15.9 Å². The summed E-state index contributed by atoms with van der Waals surface area (Å²) in [4.78, 5) is 12.1. The minimum atomic E-state index is -0.132. The number of benzene rings is 1. The normalized spacial score (nSPS) is 10.4. The Morgan fingerprint density at radius 2 is 2.00 bits per heavy atom. The van der Waals surface area contributed by atoms with E-state index in [0.717, 1.165) is 27.1 Å². The van der Waals surface area contributed by atoms with Crippen molar-refractivity contribution in [3.63, 3.8) is 0 Å². The Hall–Kier alpha value is -1.62. The molecule has 4 nitrogen and oxygen atoms in total. The zero-order chi connectivity index (χ0) is 13.3. The average molecular weight is 308 g/mol. The Balaban J connectivity index is 2.27. The number of rotatable bonds is 2. The van der Waals surface area contributed by atoms with Gasteiger partial charge in [0.25, 0.3) is 5.91 Å². The van der Waals surface area contributed by atoms with E-state index < -0.39 is 0 Å². The highest BCUT2D eigenvalue weighted by atomic mass is 79.9. The Kier molecular flexibility index (Phi) is 3.52. The van der Waals surface area contributed by atoms with Gasteiger partial charge >= 0.3 is 0 Å². The number of carbonyl (C=O) groups is 1. The summed E-state index contributed by atoms with van der Waals surface area (Å²) in [5, 5.41) is 9.77. The van der Waals surface area contributed by atoms with Crippen molar-refractivity contribution in [3.8, 4) is 0 Å². The second kappa shape index (κ2) is 4.94. The van der Waals surface area contributed by atoms with Crippen molar-refractivity contribution in [2.45, 2.75) is 20.8 Å². The summed E-state index contributed by atoms with van der Waals surface area (Å²) in [5.41, 5.74) is 4.05. The predicted octanol–water partition coefficient (Wildman–Crippen LogP) is 3.35. The van der Waals surface area contributed by atoms with Crippen molar-refractivity contribution in [1.29, 1.82) is 0 Å². The molecular formula is C13H14BrN3O. The first-order chi connectivity index (χ1) is 8.47. The third-order valence-corrected chi connectivity index (χ3v) is 3.13. The molecule has 0 aliphatic rings. The zero-order valence-corrected chi connectivity index (χ0v) is 12.1. The Labute approximate surface area is 114 Å². The molecule has 1 heterocycles. The monoisotopic (exact) mass is 307 g/mol. The van der Waals surface area contributed by atoms with E-state index in [2.05, 4.69) is 31.4 Å². The summed E-state index contributed by atoms with van der Waals surface area (Å²) in [5.74, 6) is -0.132. The van der Waals surface area contributed by atoms with Gasteiger partial charge in [-0.25, -0.2) is 0 Å². The minimum absolute atomic E-state index is 0.132. The van der Waals surface area contributed by atoms with Crippen molar-refractivity contribution in [2.75, 3.05) is 5.32 Å². The average Bonchev–Trinajstić information content (AvgIpc) is 2.59. The molecule has 0 atom stereocenters. The van der Waals surface area contributed by atoms with Crippen LogP contribution in [-0.4, -0.2) is 16.1 Å². The highest BCUT2D eigenvalue weighted by Crippen LogP contribution is 2.19. The third kappa shape index (κ3) is 2.61. The molecule has 0 unspecified atom stereocenters. The van der Waals surface area contributed by atoms with Crippen LogP contribution in [0.3, 0.4) is 0 Å². The predicted molar refractivity (Wildman–Crippen MR) is 74.9 cm³/mol. The topological polar surface area (TPSA) is 57.8 Å². The molecule has 1 aromatic carbocycles. The number of hydrogen-bond donors (Lipinski definition) is 2. The summed E-state index contributed by atoms with van der Waals surface area (Å²) < 4.78 is 0.897. The van der Waals surface area contributed by atoms with E-state index >= 15 is 0 Å². The Morgan fingerprint density at radius 1 is 1.28 bits per heavy atom. The lowest BCUT2D eigenvalue weighted by molar-refractivity contribution is 0.102. The number of hydrogen-bond acceptors (Lipinski definition) is 2. The van der Waals surface area contributed by atoms with Gasteiger partial charge in [0, 0.05) is 10.0 Å². The fourth-order valence-electron chi connectivity index (χ4n) is 1.79. The lowest BCUT2D eigenvalue weighted by atomic mass is 10.1. The van der Waals surface area contributed by atoms with Gasteiger partial charge in [0.2, 0.25) is 0 Å². The Morgan fingerprint density at radius 3 is 2.56 bits per heavy atom. The lowest BCUT2D eigenvalue weighted by Gasteiger charge is -2.06. The first-order valence-corrected chi connectivity index (χ1v) is 6.37. The van der Waals surface area contributed by atoms with Gasteiger partial charge in [0.05, 0.1) is 17.1 Å². The van der Waals surface area contributed by atoms with Gasteiger partial charge in [-0.2, -0.15) is 5.10 Å². The molecule has 0 radical (unpaired) electrons. The number of anilines is 1. The van der Waals surface area contributed by atoms with Gasteiger partial charge in [0.15, 0.2) is 0 Å². The van der Waals surface area contributed by atoms with Gasteiger partial charge in [-0.05, 0) is 44.5 Å². The van der Waals surface area contributed by atoms with Gasteiger partial charge in [0.1, 0.15) is 0 Å². The van der Waals surface area contributed by atoms with Gasteiger partial charge in [-0.3, -0.25) is 9.89 Å². The molecule has 0 spiro atoms. The number of nitrogens with zero attached hydrogens (tertiary/aromatic N) is 1. The van der Waals surface area contributed by atoms with Crippen molar-refractivity contribution in [2.24, 2.45) is 0 Å². The molecule has 0 saturated heterocycles. The molecule has 0 aliphatic heterocycles. The van der Waals surface area contributed by atoms with E-state index in [4.69, 9.17) is 0 Å². The van der Waals surface area contributed by atoms with Gasteiger partial charge in [-0.15, -0.1) is 0 Å². The number of nitrogens with one attached hydrogen (secondary N) is 2. The SMILES string of the molecule is Cc1cc(Br)cc(C(=O)Nc2c(C)n[nH]c2C)c1. The van der Waals surface area contributed by atoms with Crippen LogP contribution >= 0.6 is 15.9 Å². The van der Waals surface area contributed by atoms with E-state index in [-0.39, 0.29) is 5.91 Å². The fraction of sp³-hybridized carbons (Fsp3) is 0.231. The van der Waals surface area contributed by atoms with Crippen LogP contribution in [0.15, 0.2) is 22.7 Å². The van der Waals surface area contributed by atoms with Crippen LogP contribution in [0.5, 0.6) is 0 Å². The number of amides is 1. The van der Waals surface area contributed by atoms with Crippen LogP contribution in [0.1, 0.15) is 27.3 Å². The highest BCUT2D eigenvalue weighted by Gasteiger charge is 2.12. The fourth-order valence-corrected chi connectivity index (χ4v) is 2.40. The maximum absolute atomic E-state index is 12.1. The lowest BCUT2D eigenvalue weighted by Crippen LogP contribution is -2.13. The maximum atomic E-state index is 12.1. The van der Waals surface area contributed by atoms with Crippen LogP contribution in [0, 0.1) is 20.8 Å². The van der Waals surface area contributed by atoms with Crippen LogP contribution < -0.4 is 5.32 Å². The van der Waals surface area contributed by atoms with Crippen LogP contribution in [-0.2, 0) is 0 Å². The molecule has 0 fully saturated rings. The van der Waals surface area contributed by atoms with Crippen molar-refractivity contribution in [1.82, 2.24) is 10.2 Å². The third-order valence-electron chi connectivity index (χ3n) is 2.67. The molecule has 0 aliphatic carbocycles. The summed E-state index contributed by atoms with van der Waals surface area (Å²) in [6.45, 7) is 5.68. The van der Waals surface area contributed by atoms with Crippen LogP contribution in [0.4, 0.5) is 5.69 Å². The van der Waals surface area contributed by atoms with Gasteiger partial charge < -0.3 is 5.32 Å². The van der Waals surface area contributed by atoms with E-state index in [9.17, 15) is 4.79 Å². The largest absolute Gasteiger partial charge is 0.319 e. The van der Waals surface area contributed by atoms with E-state index in [1.165, 1.54) is 0 Å².